The van der Waals surface area contributed by atoms with Crippen LogP contribution in [0.1, 0.15) is 99.7 Å². The minimum atomic E-state index is -0.00453. The second-order valence-corrected chi connectivity index (χ2v) is 19.5. The molecule has 0 bridgehead atoms. The first kappa shape index (κ1) is 50.5. The van der Waals surface area contributed by atoms with Gasteiger partial charge in [-0.1, -0.05) is 53.6 Å². The number of nitrogens with zero attached hydrogens (tertiary/aromatic N) is 9. The summed E-state index contributed by atoms with van der Waals surface area (Å²) in [6.07, 6.45) is 8.12. The molecule has 2 aromatic heterocycles. The fourth-order valence-corrected chi connectivity index (χ4v) is 9.99. The van der Waals surface area contributed by atoms with E-state index in [1.165, 1.54) is 54.6 Å². The summed E-state index contributed by atoms with van der Waals surface area (Å²) in [5.41, 5.74) is 9.87. The fraction of sp³-hybridized carbons (Fsp3) is 0.446. The highest BCUT2D eigenvalue weighted by molar-refractivity contribution is 5.78. The van der Waals surface area contributed by atoms with Gasteiger partial charge in [-0.25, -0.2) is 0 Å². The van der Waals surface area contributed by atoms with Crippen LogP contribution in [0.15, 0.2) is 81.8 Å². The highest BCUT2D eigenvalue weighted by atomic mass is 16.5. The van der Waals surface area contributed by atoms with Gasteiger partial charge in [0.2, 0.25) is 17.6 Å². The second-order valence-electron chi connectivity index (χ2n) is 19.5. The highest BCUT2D eigenvalue weighted by Gasteiger charge is 2.33. The van der Waals surface area contributed by atoms with Gasteiger partial charge in [-0.15, -0.1) is 0 Å². The quantitative estimate of drug-likeness (QED) is 0.130. The molecule has 15 heteroatoms. The van der Waals surface area contributed by atoms with E-state index < -0.39 is 0 Å². The van der Waals surface area contributed by atoms with Crippen LogP contribution in [0, 0.1) is 28.6 Å². The number of likely N-dealkylation sites (N-methyl/N-ethyl adjacent to an activating group) is 2. The van der Waals surface area contributed by atoms with Crippen LogP contribution in [0.3, 0.4) is 0 Å². The molecule has 2 aliphatic carbocycles. The number of hydrogen-bond acceptors (Lipinski definition) is 14. The summed E-state index contributed by atoms with van der Waals surface area (Å²) in [5.74, 6) is 4.13. The summed E-state index contributed by atoms with van der Waals surface area (Å²) in [5, 5.41) is 30.3. The van der Waals surface area contributed by atoms with Crippen LogP contribution >= 0.6 is 0 Å². The summed E-state index contributed by atoms with van der Waals surface area (Å²) < 4.78 is 22.5. The zero-order chi connectivity index (χ0) is 50.0. The Balaban J connectivity index is 0.000000158. The highest BCUT2D eigenvalue weighted by Crippen LogP contribution is 2.42. The van der Waals surface area contributed by atoms with E-state index in [1.807, 2.05) is 56.9 Å². The maximum atomic E-state index is 11.3. The predicted molar refractivity (Wildman–Crippen MR) is 272 cm³/mol. The van der Waals surface area contributed by atoms with Gasteiger partial charge in [-0.3, -0.25) is 9.69 Å². The Kier molecular flexibility index (Phi) is 16.6. The Hall–Kier alpha value is -6.91. The Bertz CT molecular complexity index is 2870. The lowest BCUT2D eigenvalue weighted by Gasteiger charge is -2.36. The van der Waals surface area contributed by atoms with Crippen LogP contribution in [0.5, 0.6) is 11.5 Å². The van der Waals surface area contributed by atoms with Crippen molar-refractivity contribution < 1.29 is 23.3 Å². The number of aryl methyl sites for hydroxylation is 1. The summed E-state index contributed by atoms with van der Waals surface area (Å²) in [4.78, 5) is 27.4. The molecule has 0 saturated carbocycles. The number of likely N-dealkylation sites (tertiary alicyclic amines) is 1. The van der Waals surface area contributed by atoms with Gasteiger partial charge in [0, 0.05) is 61.0 Å². The minimum Gasteiger partial charge on any atom is -0.490 e. The van der Waals surface area contributed by atoms with Gasteiger partial charge < -0.3 is 33.6 Å². The van der Waals surface area contributed by atoms with E-state index in [2.05, 4.69) is 80.8 Å². The number of aromatic nitrogens is 4. The molecule has 71 heavy (non-hydrogen) atoms. The largest absolute Gasteiger partial charge is 0.490 e. The van der Waals surface area contributed by atoms with Crippen molar-refractivity contribution in [3.63, 3.8) is 0 Å². The zero-order valence-electron chi connectivity index (χ0n) is 42.2. The monoisotopic (exact) mass is 959 g/mol. The third kappa shape index (κ3) is 12.2. The van der Waals surface area contributed by atoms with Crippen molar-refractivity contribution in [2.45, 2.75) is 97.8 Å². The third-order valence-electron chi connectivity index (χ3n) is 13.5. The Labute approximate surface area is 417 Å². The molecule has 1 amide bonds. The molecule has 0 spiro atoms. The summed E-state index contributed by atoms with van der Waals surface area (Å²) in [7, 11) is 3.88. The van der Waals surface area contributed by atoms with Crippen LogP contribution in [0.2, 0.25) is 0 Å². The summed E-state index contributed by atoms with van der Waals surface area (Å²) >= 11 is 0. The standard InChI is InChI=1S/C27H30N4O2.C21H19N3O2.C8H17N3O/c1-17(2)32-25-12-9-19(14-20(25)15-28)27-29-26(30-33-27)23-8-4-7-22-21(23)10-11-24(22)31-13-5-6-18(3)16-31;1-13(2)25-19-10-9-15(11-16(19)12-22)21-23-20(24-26-21)18-8-4-6-14-5-3-7-17(14)18;1-9-7-8(12)11-5-3-10(2)4-6-11/h4,7-9,12,14,17-18,24H,5-6,10-11,13,16H2,1-3H3;4,6,8-11,13H,3,5,7H2,1-2H3;9H,3-7H2,1-2H3. The molecular formula is C56H66N10O5. The first-order valence-electron chi connectivity index (χ1n) is 25.1. The van der Waals surface area contributed by atoms with Crippen molar-refractivity contribution in [2.75, 3.05) is 59.9 Å². The topological polar surface area (TPSA) is 183 Å². The number of nitriles is 2. The van der Waals surface area contributed by atoms with Gasteiger partial charge in [0.25, 0.3) is 11.8 Å². The van der Waals surface area contributed by atoms with Crippen molar-refractivity contribution in [1.29, 1.82) is 10.5 Å². The Morgan fingerprint density at radius 3 is 1.90 bits per heavy atom. The van der Waals surface area contributed by atoms with Gasteiger partial charge in [0.05, 0.1) is 29.9 Å². The zero-order valence-corrected chi connectivity index (χ0v) is 42.2. The molecular weight excluding hydrogens is 893 g/mol. The van der Waals surface area contributed by atoms with Crippen molar-refractivity contribution in [3.05, 3.63) is 106 Å². The molecule has 15 nitrogen and oxygen atoms in total. The van der Waals surface area contributed by atoms with E-state index in [0.29, 0.717) is 69.8 Å². The number of benzene rings is 4. The fourth-order valence-electron chi connectivity index (χ4n) is 9.99. The molecule has 0 radical (unpaired) electrons. The number of carbonyl (C=O) groups excluding carboxylic acids is 1. The van der Waals surface area contributed by atoms with E-state index in [0.717, 1.165) is 68.9 Å². The second kappa shape index (κ2) is 23.3. The van der Waals surface area contributed by atoms with Crippen LogP contribution in [-0.4, -0.2) is 113 Å². The average Bonchev–Trinajstić information content (AvgIpc) is 4.22. The van der Waals surface area contributed by atoms with Gasteiger partial charge in [-0.05, 0) is 158 Å². The number of piperazine rings is 1. The number of hydrogen-bond donors (Lipinski definition) is 1. The molecule has 1 N–H and O–H groups in total. The van der Waals surface area contributed by atoms with Crippen LogP contribution < -0.4 is 14.8 Å². The van der Waals surface area contributed by atoms with Crippen molar-refractivity contribution in [2.24, 2.45) is 5.92 Å². The maximum Gasteiger partial charge on any atom is 0.258 e. The number of carbonyl (C=O) groups is 1. The third-order valence-corrected chi connectivity index (χ3v) is 13.5. The molecule has 370 valence electrons. The first-order valence-corrected chi connectivity index (χ1v) is 25.1. The number of rotatable bonds is 11. The van der Waals surface area contributed by atoms with Crippen LogP contribution in [0.25, 0.3) is 45.7 Å². The van der Waals surface area contributed by atoms with Gasteiger partial charge in [0.1, 0.15) is 23.6 Å². The van der Waals surface area contributed by atoms with E-state index in [9.17, 15) is 15.3 Å². The molecule has 2 aliphatic heterocycles. The van der Waals surface area contributed by atoms with Crippen LogP contribution in [0.4, 0.5) is 0 Å². The molecule has 2 atom stereocenters. The average molecular weight is 959 g/mol. The first-order chi connectivity index (χ1) is 34.4. The lowest BCUT2D eigenvalue weighted by Crippen LogP contribution is -2.49. The number of amides is 1. The smallest absolute Gasteiger partial charge is 0.258 e. The molecule has 6 aromatic rings. The van der Waals surface area contributed by atoms with Gasteiger partial charge in [-0.2, -0.15) is 20.5 Å². The SMILES string of the molecule is CC(C)Oc1ccc(-c2nc(-c3cccc4c3CCC4)no2)cc1C#N.CC1CCCN(C2CCc3c(-c4noc(-c5ccc(OC(C)C)c(C#N)c5)n4)cccc32)C1.CNCC(=O)N1CCN(C)CC1. The van der Waals surface area contributed by atoms with Crippen molar-refractivity contribution >= 4 is 5.91 Å². The molecule has 4 aromatic carbocycles. The lowest BCUT2D eigenvalue weighted by molar-refractivity contribution is -0.131. The Morgan fingerprint density at radius 2 is 1.34 bits per heavy atom. The molecule has 10 rings (SSSR count). The maximum absolute atomic E-state index is 11.3. The minimum absolute atomic E-state index is 0.00290. The van der Waals surface area contributed by atoms with Gasteiger partial charge in [0.15, 0.2) is 0 Å². The van der Waals surface area contributed by atoms with Crippen molar-refractivity contribution in [3.8, 4) is 69.3 Å². The van der Waals surface area contributed by atoms with E-state index in [4.69, 9.17) is 23.5 Å². The van der Waals surface area contributed by atoms with E-state index >= 15 is 0 Å². The lowest BCUT2D eigenvalue weighted by atomic mass is 9.96. The van der Waals surface area contributed by atoms with Crippen molar-refractivity contribution in [1.82, 2.24) is 40.3 Å². The number of piperidine rings is 1. The number of fused-ring (bicyclic) bond motifs is 2. The molecule has 4 heterocycles. The molecule has 4 aliphatic rings. The predicted octanol–water partition coefficient (Wildman–Crippen LogP) is 9.31. The molecule has 2 saturated heterocycles. The molecule has 2 fully saturated rings. The van der Waals surface area contributed by atoms with Gasteiger partial charge >= 0.3 is 0 Å². The molecule has 2 unspecified atom stereocenters. The summed E-state index contributed by atoms with van der Waals surface area (Å²) in [6, 6.07) is 28.3. The Morgan fingerprint density at radius 1 is 0.746 bits per heavy atom. The number of nitrogens with one attached hydrogen (secondary N) is 1. The van der Waals surface area contributed by atoms with E-state index in [1.54, 1.807) is 31.3 Å². The summed E-state index contributed by atoms with van der Waals surface area (Å²) in [6.45, 7) is 16.7. The number of ether oxygens (including phenoxy) is 2. The normalized spacial score (nSPS) is 17.6. The van der Waals surface area contributed by atoms with Crippen LogP contribution in [-0.2, 0) is 24.1 Å². The van der Waals surface area contributed by atoms with E-state index in [-0.39, 0.29) is 18.1 Å².